The van der Waals surface area contributed by atoms with Gasteiger partial charge in [0.1, 0.15) is 0 Å². The highest BCUT2D eigenvalue weighted by Gasteiger charge is 2.82. The molecule has 5 rings (SSSR count). The van der Waals surface area contributed by atoms with Gasteiger partial charge in [0, 0.05) is 5.31 Å². The maximum atomic E-state index is 6.34. The maximum absolute atomic E-state index is 6.34. The van der Waals surface area contributed by atoms with E-state index in [2.05, 4.69) is 34.6 Å². The molecule has 4 saturated carbocycles. The normalized spacial score (nSPS) is 51.8. The third-order valence-electron chi connectivity index (χ3n) is 6.65. The van der Waals surface area contributed by atoms with Gasteiger partial charge in [-0.2, -0.15) is 0 Å². The van der Waals surface area contributed by atoms with Gasteiger partial charge in [0.05, 0.1) is 11.2 Å². The van der Waals surface area contributed by atoms with Gasteiger partial charge in [-0.1, -0.05) is 6.92 Å². The van der Waals surface area contributed by atoms with Gasteiger partial charge in [-0.3, -0.25) is 0 Å². The van der Waals surface area contributed by atoms with E-state index in [1.54, 1.807) is 0 Å². The van der Waals surface area contributed by atoms with E-state index >= 15 is 0 Å². The SMILES string of the molecule is CC12CC(B3OC(C)(C)C(C)(C)O3)(C1)C2C1CC1. The van der Waals surface area contributed by atoms with Crippen LogP contribution in [0.25, 0.3) is 0 Å². The minimum Gasteiger partial charge on any atom is -0.403 e. The zero-order chi connectivity index (χ0) is 13.0. The number of hydrogen-bond acceptors (Lipinski definition) is 2. The molecule has 5 fully saturated rings. The van der Waals surface area contributed by atoms with E-state index in [4.69, 9.17) is 9.31 Å². The molecule has 0 aromatic heterocycles. The molecule has 0 spiro atoms. The third kappa shape index (κ3) is 1.15. The summed E-state index contributed by atoms with van der Waals surface area (Å²) in [7, 11) is 0.0509. The summed E-state index contributed by atoms with van der Waals surface area (Å²) in [6, 6.07) is 0. The highest BCUT2D eigenvalue weighted by atomic mass is 16.7. The van der Waals surface area contributed by atoms with Gasteiger partial charge >= 0.3 is 7.12 Å². The van der Waals surface area contributed by atoms with Crippen molar-refractivity contribution in [3.63, 3.8) is 0 Å². The molecule has 3 heteroatoms. The predicted molar refractivity (Wildman–Crippen MR) is 72.3 cm³/mol. The van der Waals surface area contributed by atoms with Crippen LogP contribution in [0.5, 0.6) is 0 Å². The minimum absolute atomic E-state index is 0.0509. The lowest BCUT2D eigenvalue weighted by atomic mass is 9.19. The Morgan fingerprint density at radius 2 is 1.39 bits per heavy atom. The van der Waals surface area contributed by atoms with Gasteiger partial charge in [0.15, 0.2) is 0 Å². The molecule has 1 heterocycles. The first-order valence-electron chi connectivity index (χ1n) is 7.56. The van der Waals surface area contributed by atoms with Crippen LogP contribution in [-0.2, 0) is 9.31 Å². The van der Waals surface area contributed by atoms with E-state index in [9.17, 15) is 0 Å². The first kappa shape index (κ1) is 11.8. The molecule has 100 valence electrons. The molecule has 1 saturated heterocycles. The quantitative estimate of drug-likeness (QED) is 0.694. The second-order valence-corrected chi connectivity index (χ2v) is 8.64. The molecule has 0 N–H and O–H groups in total. The van der Waals surface area contributed by atoms with Crippen LogP contribution in [0.2, 0.25) is 5.31 Å². The summed E-state index contributed by atoms with van der Waals surface area (Å²) in [5, 5.41) is 0.376. The highest BCUT2D eigenvalue weighted by Crippen LogP contribution is 2.87. The largest absolute Gasteiger partial charge is 0.464 e. The minimum atomic E-state index is -0.165. The molecule has 0 aromatic rings. The topological polar surface area (TPSA) is 18.5 Å². The highest BCUT2D eigenvalue weighted by molar-refractivity contribution is 6.51. The van der Waals surface area contributed by atoms with Crippen LogP contribution in [0.3, 0.4) is 0 Å². The van der Waals surface area contributed by atoms with Crippen LogP contribution in [-0.4, -0.2) is 18.3 Å². The van der Waals surface area contributed by atoms with Crippen LogP contribution in [0, 0.1) is 17.3 Å². The lowest BCUT2D eigenvalue weighted by Gasteiger charge is -2.76. The summed E-state index contributed by atoms with van der Waals surface area (Å²) in [6.45, 7) is 11.2. The molecular weight excluding hydrogens is 223 g/mol. The van der Waals surface area contributed by atoms with Crippen molar-refractivity contribution in [2.75, 3.05) is 0 Å². The molecule has 2 nitrogen and oxygen atoms in total. The Bertz CT molecular complexity index is 389. The Labute approximate surface area is 111 Å². The lowest BCUT2D eigenvalue weighted by Crippen LogP contribution is -2.70. The summed E-state index contributed by atoms with van der Waals surface area (Å²) < 4.78 is 12.7. The Balaban J connectivity index is 1.59. The van der Waals surface area contributed by atoms with Crippen molar-refractivity contribution in [2.45, 2.75) is 76.8 Å². The second kappa shape index (κ2) is 2.86. The zero-order valence-electron chi connectivity index (χ0n) is 12.4. The molecule has 0 amide bonds. The smallest absolute Gasteiger partial charge is 0.403 e. The summed E-state index contributed by atoms with van der Waals surface area (Å²) in [5.41, 5.74) is 0.301. The molecule has 18 heavy (non-hydrogen) atoms. The average Bonchev–Trinajstić information content (AvgIpc) is 2.90. The van der Waals surface area contributed by atoms with E-state index < -0.39 is 0 Å². The fraction of sp³-hybridized carbons (Fsp3) is 1.00. The summed E-state index contributed by atoms with van der Waals surface area (Å²) >= 11 is 0. The Kier molecular flexibility index (Phi) is 1.87. The fourth-order valence-electron chi connectivity index (χ4n) is 5.18. The Morgan fingerprint density at radius 1 is 0.889 bits per heavy atom. The molecule has 1 unspecified atom stereocenters. The molecular formula is C15H25BO2. The van der Waals surface area contributed by atoms with Crippen molar-refractivity contribution >= 4 is 7.12 Å². The van der Waals surface area contributed by atoms with Gasteiger partial charge < -0.3 is 9.31 Å². The van der Waals surface area contributed by atoms with Crippen LogP contribution in [0.15, 0.2) is 0 Å². The van der Waals surface area contributed by atoms with Gasteiger partial charge in [0.2, 0.25) is 0 Å². The summed E-state index contributed by atoms with van der Waals surface area (Å²) in [5.74, 6) is 1.87. The summed E-state index contributed by atoms with van der Waals surface area (Å²) in [4.78, 5) is 0. The molecule has 2 bridgehead atoms. The molecule has 0 aromatic carbocycles. The van der Waals surface area contributed by atoms with E-state index in [0.717, 1.165) is 11.8 Å². The van der Waals surface area contributed by atoms with Crippen molar-refractivity contribution in [1.29, 1.82) is 0 Å². The van der Waals surface area contributed by atoms with E-state index in [0.29, 0.717) is 10.7 Å². The van der Waals surface area contributed by atoms with Crippen LogP contribution in [0.1, 0.15) is 60.3 Å². The predicted octanol–water partition coefficient (Wildman–Crippen LogP) is 3.66. The van der Waals surface area contributed by atoms with Crippen molar-refractivity contribution in [1.82, 2.24) is 0 Å². The van der Waals surface area contributed by atoms with Crippen molar-refractivity contribution in [2.24, 2.45) is 17.3 Å². The Morgan fingerprint density at radius 3 is 1.78 bits per heavy atom. The maximum Gasteiger partial charge on any atom is 0.464 e. The van der Waals surface area contributed by atoms with Gasteiger partial charge in [-0.15, -0.1) is 0 Å². The third-order valence-corrected chi connectivity index (χ3v) is 6.65. The van der Waals surface area contributed by atoms with Gasteiger partial charge in [-0.05, 0) is 70.6 Å². The molecule has 1 atom stereocenters. The van der Waals surface area contributed by atoms with Gasteiger partial charge in [-0.25, -0.2) is 0 Å². The van der Waals surface area contributed by atoms with Crippen molar-refractivity contribution in [3.05, 3.63) is 0 Å². The van der Waals surface area contributed by atoms with Crippen LogP contribution >= 0.6 is 0 Å². The first-order valence-corrected chi connectivity index (χ1v) is 7.56. The van der Waals surface area contributed by atoms with Gasteiger partial charge in [0.25, 0.3) is 0 Å². The lowest BCUT2D eigenvalue weighted by molar-refractivity contribution is -0.186. The second-order valence-electron chi connectivity index (χ2n) is 8.64. The standard InChI is InChI=1S/C15H25BO2/c1-12(2)13(3,4)18-16(17-12)15-8-14(5,9-15)11(15)10-6-7-10/h10-11H,6-9H2,1-5H3. The van der Waals surface area contributed by atoms with E-state index in [-0.39, 0.29) is 18.3 Å². The van der Waals surface area contributed by atoms with Crippen molar-refractivity contribution < 1.29 is 9.31 Å². The number of rotatable bonds is 2. The van der Waals surface area contributed by atoms with Crippen LogP contribution in [0.4, 0.5) is 0 Å². The Hall–Kier alpha value is -0.0151. The monoisotopic (exact) mass is 248 g/mol. The molecule has 1 aliphatic heterocycles. The first-order chi connectivity index (χ1) is 8.20. The molecule has 5 aliphatic rings. The molecule has 4 aliphatic carbocycles. The zero-order valence-corrected chi connectivity index (χ0v) is 12.4. The van der Waals surface area contributed by atoms with Crippen molar-refractivity contribution in [3.8, 4) is 0 Å². The van der Waals surface area contributed by atoms with Crippen LogP contribution < -0.4 is 0 Å². The molecule has 0 radical (unpaired) electrons. The number of hydrogen-bond donors (Lipinski definition) is 0. The summed E-state index contributed by atoms with van der Waals surface area (Å²) in [6.07, 6.45) is 5.55. The average molecular weight is 248 g/mol. The fourth-order valence-corrected chi connectivity index (χ4v) is 5.18. The van der Waals surface area contributed by atoms with E-state index in [1.165, 1.54) is 25.7 Å². The van der Waals surface area contributed by atoms with E-state index in [1.807, 2.05) is 0 Å².